The van der Waals surface area contributed by atoms with Gasteiger partial charge in [0.1, 0.15) is 6.23 Å². The Morgan fingerprint density at radius 2 is 2.17 bits per heavy atom. The molecule has 2 aromatic heterocycles. The lowest BCUT2D eigenvalue weighted by Crippen LogP contribution is -2.18. The molecule has 1 fully saturated rings. The summed E-state index contributed by atoms with van der Waals surface area (Å²) in [7, 11) is 0. The molecule has 0 spiro atoms. The Hall–Kier alpha value is -2.24. The maximum absolute atomic E-state index is 6.18. The zero-order valence-corrected chi connectivity index (χ0v) is 13.9. The molecular formula is C19H22N4O. The topological polar surface area (TPSA) is 66.0 Å². The molecular weight excluding hydrogens is 300 g/mol. The van der Waals surface area contributed by atoms with E-state index in [1.165, 1.54) is 6.42 Å². The third-order valence-electron chi connectivity index (χ3n) is 4.59. The Morgan fingerprint density at radius 3 is 2.96 bits per heavy atom. The number of para-hydroxylation sites is 1. The van der Waals surface area contributed by atoms with E-state index in [-0.39, 0.29) is 12.3 Å². The van der Waals surface area contributed by atoms with Crippen molar-refractivity contribution in [1.29, 1.82) is 0 Å². The van der Waals surface area contributed by atoms with Crippen molar-refractivity contribution in [2.45, 2.75) is 38.5 Å². The first-order valence-corrected chi connectivity index (χ1v) is 8.54. The van der Waals surface area contributed by atoms with Crippen LogP contribution in [0.5, 0.6) is 0 Å². The molecule has 1 aromatic carbocycles. The standard InChI is InChI=1S/C19H22N4O/c1-13(20)16-10-18(22-17-7-3-2-6-15(16)17)14-11-21-23(12-14)19-8-4-5-9-24-19/h2-3,6-7,10-13,19H,4-5,8-9,20H2,1H3/t13-,19?/m1/s1. The molecule has 2 atom stereocenters. The number of hydrogen-bond acceptors (Lipinski definition) is 4. The van der Waals surface area contributed by atoms with E-state index in [0.717, 1.165) is 47.2 Å². The van der Waals surface area contributed by atoms with Crippen LogP contribution in [0.15, 0.2) is 42.7 Å². The van der Waals surface area contributed by atoms with E-state index in [1.807, 2.05) is 42.2 Å². The highest BCUT2D eigenvalue weighted by Crippen LogP contribution is 2.29. The summed E-state index contributed by atoms with van der Waals surface area (Å²) in [5.74, 6) is 0. The summed E-state index contributed by atoms with van der Waals surface area (Å²) in [4.78, 5) is 4.80. The normalized spacial score (nSPS) is 19.5. The van der Waals surface area contributed by atoms with Gasteiger partial charge in [-0.2, -0.15) is 5.10 Å². The number of aromatic nitrogens is 3. The SMILES string of the molecule is C[C@@H](N)c1cc(-c2cnn(C3CCCCO3)c2)nc2ccccc12. The van der Waals surface area contributed by atoms with E-state index in [1.54, 1.807) is 0 Å². The van der Waals surface area contributed by atoms with Crippen LogP contribution < -0.4 is 5.73 Å². The van der Waals surface area contributed by atoms with Gasteiger partial charge in [0.15, 0.2) is 0 Å². The van der Waals surface area contributed by atoms with Crippen LogP contribution in [0.25, 0.3) is 22.2 Å². The number of hydrogen-bond donors (Lipinski definition) is 1. The van der Waals surface area contributed by atoms with E-state index < -0.39 is 0 Å². The number of nitrogens with zero attached hydrogens (tertiary/aromatic N) is 3. The average molecular weight is 322 g/mol. The lowest BCUT2D eigenvalue weighted by atomic mass is 10.0. The predicted molar refractivity (Wildman–Crippen MR) is 94.4 cm³/mol. The van der Waals surface area contributed by atoms with Gasteiger partial charge in [0, 0.05) is 29.8 Å². The maximum Gasteiger partial charge on any atom is 0.150 e. The highest BCUT2D eigenvalue weighted by molar-refractivity contribution is 5.85. The van der Waals surface area contributed by atoms with Crippen molar-refractivity contribution in [3.05, 3.63) is 48.3 Å². The Morgan fingerprint density at radius 1 is 1.29 bits per heavy atom. The van der Waals surface area contributed by atoms with Crippen molar-refractivity contribution in [1.82, 2.24) is 14.8 Å². The molecule has 1 aliphatic rings. The number of benzene rings is 1. The molecule has 1 saturated heterocycles. The molecule has 0 amide bonds. The van der Waals surface area contributed by atoms with Crippen LogP contribution in [0.4, 0.5) is 0 Å². The zero-order valence-electron chi connectivity index (χ0n) is 13.9. The highest BCUT2D eigenvalue weighted by atomic mass is 16.5. The molecule has 5 heteroatoms. The smallest absolute Gasteiger partial charge is 0.150 e. The zero-order chi connectivity index (χ0) is 16.5. The molecule has 0 saturated carbocycles. The van der Waals surface area contributed by atoms with Crippen LogP contribution >= 0.6 is 0 Å². The van der Waals surface area contributed by atoms with Crippen molar-refractivity contribution in [2.75, 3.05) is 6.61 Å². The quantitative estimate of drug-likeness (QED) is 0.796. The second-order valence-corrected chi connectivity index (χ2v) is 6.43. The van der Waals surface area contributed by atoms with Gasteiger partial charge in [-0.25, -0.2) is 9.67 Å². The Kier molecular flexibility index (Phi) is 4.04. The molecule has 24 heavy (non-hydrogen) atoms. The average Bonchev–Trinajstić information content (AvgIpc) is 3.11. The summed E-state index contributed by atoms with van der Waals surface area (Å²) in [6.45, 7) is 2.81. The minimum atomic E-state index is -0.0478. The molecule has 0 bridgehead atoms. The van der Waals surface area contributed by atoms with E-state index in [4.69, 9.17) is 15.5 Å². The summed E-state index contributed by atoms with van der Waals surface area (Å²) < 4.78 is 7.72. The maximum atomic E-state index is 6.18. The van der Waals surface area contributed by atoms with E-state index in [2.05, 4.69) is 17.2 Å². The largest absolute Gasteiger partial charge is 0.357 e. The van der Waals surface area contributed by atoms with Crippen LogP contribution in [0.1, 0.15) is 44.0 Å². The molecule has 2 N–H and O–H groups in total. The fourth-order valence-electron chi connectivity index (χ4n) is 3.29. The van der Waals surface area contributed by atoms with E-state index in [0.29, 0.717) is 0 Å². The summed E-state index contributed by atoms with van der Waals surface area (Å²) in [6.07, 6.45) is 7.26. The summed E-state index contributed by atoms with van der Waals surface area (Å²) in [6, 6.07) is 10.2. The number of pyridine rings is 1. The third kappa shape index (κ3) is 2.81. The molecule has 0 radical (unpaired) electrons. The van der Waals surface area contributed by atoms with Gasteiger partial charge < -0.3 is 10.5 Å². The lowest BCUT2D eigenvalue weighted by Gasteiger charge is -2.22. The van der Waals surface area contributed by atoms with Crippen LogP contribution in [0.2, 0.25) is 0 Å². The van der Waals surface area contributed by atoms with Gasteiger partial charge in [0.2, 0.25) is 0 Å². The van der Waals surface area contributed by atoms with Gasteiger partial charge in [0.25, 0.3) is 0 Å². The van der Waals surface area contributed by atoms with Gasteiger partial charge in [-0.15, -0.1) is 0 Å². The van der Waals surface area contributed by atoms with Crippen LogP contribution in [0, 0.1) is 0 Å². The highest BCUT2D eigenvalue weighted by Gasteiger charge is 2.18. The lowest BCUT2D eigenvalue weighted by molar-refractivity contribution is -0.0394. The van der Waals surface area contributed by atoms with Crippen molar-refractivity contribution in [2.24, 2.45) is 5.73 Å². The summed E-state index contributed by atoms with van der Waals surface area (Å²) in [5, 5.41) is 5.60. The fourth-order valence-corrected chi connectivity index (χ4v) is 3.29. The molecule has 4 rings (SSSR count). The molecule has 3 aromatic rings. The Labute approximate surface area is 141 Å². The number of nitrogens with two attached hydrogens (primary N) is 1. The van der Waals surface area contributed by atoms with Crippen LogP contribution in [-0.2, 0) is 4.74 Å². The minimum absolute atomic E-state index is 0.0425. The second kappa shape index (κ2) is 6.34. The summed E-state index contributed by atoms with van der Waals surface area (Å²) in [5.41, 5.74) is 10.2. The molecule has 124 valence electrons. The number of rotatable bonds is 3. The molecule has 1 unspecified atom stereocenters. The van der Waals surface area contributed by atoms with Gasteiger partial charge in [-0.05, 0) is 43.9 Å². The van der Waals surface area contributed by atoms with Gasteiger partial charge >= 0.3 is 0 Å². The van der Waals surface area contributed by atoms with Gasteiger partial charge in [0.05, 0.1) is 17.4 Å². The molecule has 0 aliphatic carbocycles. The van der Waals surface area contributed by atoms with Crippen molar-refractivity contribution in [3.63, 3.8) is 0 Å². The Bertz CT molecular complexity index is 849. The summed E-state index contributed by atoms with van der Waals surface area (Å²) >= 11 is 0. The van der Waals surface area contributed by atoms with E-state index >= 15 is 0 Å². The van der Waals surface area contributed by atoms with Crippen molar-refractivity contribution < 1.29 is 4.74 Å². The number of fused-ring (bicyclic) bond motifs is 1. The van der Waals surface area contributed by atoms with Gasteiger partial charge in [-0.1, -0.05) is 18.2 Å². The third-order valence-corrected chi connectivity index (χ3v) is 4.59. The monoisotopic (exact) mass is 322 g/mol. The van der Waals surface area contributed by atoms with Crippen LogP contribution in [-0.4, -0.2) is 21.4 Å². The first kappa shape index (κ1) is 15.3. The van der Waals surface area contributed by atoms with Crippen LogP contribution in [0.3, 0.4) is 0 Å². The number of ether oxygens (including phenoxy) is 1. The predicted octanol–water partition coefficient (Wildman–Crippen LogP) is 3.82. The van der Waals surface area contributed by atoms with E-state index in [9.17, 15) is 0 Å². The first-order chi connectivity index (χ1) is 11.7. The molecule has 3 heterocycles. The first-order valence-electron chi connectivity index (χ1n) is 8.54. The molecule has 1 aliphatic heterocycles. The fraction of sp³-hybridized carbons (Fsp3) is 0.368. The minimum Gasteiger partial charge on any atom is -0.357 e. The van der Waals surface area contributed by atoms with Gasteiger partial charge in [-0.3, -0.25) is 0 Å². The molecule has 5 nitrogen and oxygen atoms in total. The second-order valence-electron chi connectivity index (χ2n) is 6.43. The van der Waals surface area contributed by atoms with Crippen molar-refractivity contribution >= 4 is 10.9 Å². The van der Waals surface area contributed by atoms with Crippen molar-refractivity contribution in [3.8, 4) is 11.3 Å². The Balaban J connectivity index is 1.75.